The van der Waals surface area contributed by atoms with E-state index in [1.54, 1.807) is 29.1 Å². The van der Waals surface area contributed by atoms with E-state index in [1.165, 1.54) is 13.3 Å². The number of nitrogens with one attached hydrogen (secondary N) is 2. The van der Waals surface area contributed by atoms with Crippen LogP contribution in [0.5, 0.6) is 11.5 Å². The average Bonchev–Trinajstić information content (AvgIpc) is 3.21. The Morgan fingerprint density at radius 2 is 1.72 bits per heavy atom. The highest BCUT2D eigenvalue weighted by molar-refractivity contribution is 5.99. The molecule has 150 valence electrons. The molecule has 1 heterocycles. The number of rotatable bonds is 7. The van der Waals surface area contributed by atoms with Crippen LogP contribution in [0.1, 0.15) is 33.2 Å². The van der Waals surface area contributed by atoms with E-state index in [0.717, 1.165) is 5.56 Å². The van der Waals surface area contributed by atoms with Crippen molar-refractivity contribution in [3.05, 3.63) is 77.6 Å². The zero-order valence-corrected chi connectivity index (χ0v) is 16.2. The first kappa shape index (κ1) is 19.9. The van der Waals surface area contributed by atoms with Gasteiger partial charge in [0.1, 0.15) is 0 Å². The third kappa shape index (κ3) is 5.13. The van der Waals surface area contributed by atoms with Crippen molar-refractivity contribution in [3.63, 3.8) is 0 Å². The summed E-state index contributed by atoms with van der Waals surface area (Å²) in [7, 11) is 1.49. The standard InChI is InChI=1S/C21H22N4O4/c1-3-29-18-10-9-16(11-19(18)28-2)20(26)23-24-21(27)17-12-22-25(14-17)13-15-7-5-4-6-8-15/h4-12,14H,3,13H2,1-2H3,(H,23,26)(H,24,27). The second-order valence-electron chi connectivity index (χ2n) is 6.12. The van der Waals surface area contributed by atoms with Gasteiger partial charge >= 0.3 is 0 Å². The molecule has 29 heavy (non-hydrogen) atoms. The predicted octanol–water partition coefficient (Wildman–Crippen LogP) is 2.41. The number of hydrazine groups is 1. The summed E-state index contributed by atoms with van der Waals surface area (Å²) in [6.07, 6.45) is 3.07. The molecule has 8 nitrogen and oxygen atoms in total. The van der Waals surface area contributed by atoms with Gasteiger partial charge in [0.2, 0.25) is 0 Å². The predicted molar refractivity (Wildman–Crippen MR) is 107 cm³/mol. The fourth-order valence-electron chi connectivity index (χ4n) is 2.68. The number of methoxy groups -OCH3 is 1. The normalized spacial score (nSPS) is 10.3. The molecular formula is C21H22N4O4. The number of aromatic nitrogens is 2. The monoisotopic (exact) mass is 394 g/mol. The zero-order chi connectivity index (χ0) is 20.6. The number of amides is 2. The van der Waals surface area contributed by atoms with Crippen LogP contribution in [-0.2, 0) is 6.54 Å². The van der Waals surface area contributed by atoms with E-state index < -0.39 is 11.8 Å². The van der Waals surface area contributed by atoms with Gasteiger partial charge in [0.25, 0.3) is 11.8 Å². The Bertz CT molecular complexity index is 985. The lowest BCUT2D eigenvalue weighted by molar-refractivity contribution is 0.0846. The summed E-state index contributed by atoms with van der Waals surface area (Å²) in [4.78, 5) is 24.6. The second-order valence-corrected chi connectivity index (χ2v) is 6.12. The molecule has 0 aliphatic rings. The number of nitrogens with zero attached hydrogens (tertiary/aromatic N) is 2. The summed E-state index contributed by atoms with van der Waals surface area (Å²) in [6, 6.07) is 14.6. The van der Waals surface area contributed by atoms with Crippen LogP contribution >= 0.6 is 0 Å². The van der Waals surface area contributed by atoms with Crippen molar-refractivity contribution >= 4 is 11.8 Å². The first-order valence-corrected chi connectivity index (χ1v) is 9.08. The second kappa shape index (κ2) is 9.41. The van der Waals surface area contributed by atoms with Gasteiger partial charge in [-0.05, 0) is 30.7 Å². The molecule has 0 spiro atoms. The van der Waals surface area contributed by atoms with Crippen molar-refractivity contribution in [1.29, 1.82) is 0 Å². The van der Waals surface area contributed by atoms with E-state index in [9.17, 15) is 9.59 Å². The van der Waals surface area contributed by atoms with Gasteiger partial charge in [-0.3, -0.25) is 25.1 Å². The molecule has 2 aromatic carbocycles. The third-order valence-corrected chi connectivity index (χ3v) is 4.10. The van der Waals surface area contributed by atoms with Crippen LogP contribution in [0.15, 0.2) is 60.9 Å². The molecule has 0 saturated heterocycles. The fourth-order valence-corrected chi connectivity index (χ4v) is 2.68. The molecule has 3 aromatic rings. The fraction of sp³-hybridized carbons (Fsp3) is 0.190. The van der Waals surface area contributed by atoms with Crippen molar-refractivity contribution in [2.45, 2.75) is 13.5 Å². The number of carbonyl (C=O) groups excluding carboxylic acids is 2. The van der Waals surface area contributed by atoms with E-state index in [1.807, 2.05) is 37.3 Å². The van der Waals surface area contributed by atoms with E-state index in [-0.39, 0.29) is 0 Å². The van der Waals surface area contributed by atoms with Crippen LogP contribution in [0.25, 0.3) is 0 Å². The molecular weight excluding hydrogens is 372 g/mol. The highest BCUT2D eigenvalue weighted by Crippen LogP contribution is 2.27. The van der Waals surface area contributed by atoms with Gasteiger partial charge in [-0.1, -0.05) is 30.3 Å². The maximum Gasteiger partial charge on any atom is 0.272 e. The lowest BCUT2D eigenvalue weighted by Crippen LogP contribution is -2.41. The van der Waals surface area contributed by atoms with Gasteiger partial charge in [-0.25, -0.2) is 0 Å². The molecule has 8 heteroatoms. The van der Waals surface area contributed by atoms with Crippen LogP contribution < -0.4 is 20.3 Å². The van der Waals surface area contributed by atoms with Gasteiger partial charge in [-0.15, -0.1) is 0 Å². The van der Waals surface area contributed by atoms with Gasteiger partial charge < -0.3 is 9.47 Å². The van der Waals surface area contributed by atoms with Gasteiger partial charge in [0.05, 0.1) is 32.0 Å². The van der Waals surface area contributed by atoms with Crippen molar-refractivity contribution in [2.75, 3.05) is 13.7 Å². The number of hydrogen-bond donors (Lipinski definition) is 2. The molecule has 2 amide bonds. The Morgan fingerprint density at radius 3 is 2.41 bits per heavy atom. The summed E-state index contributed by atoms with van der Waals surface area (Å²) < 4.78 is 12.3. The van der Waals surface area contributed by atoms with Crippen LogP contribution in [-0.4, -0.2) is 35.3 Å². The maximum absolute atomic E-state index is 12.3. The first-order valence-electron chi connectivity index (χ1n) is 9.08. The molecule has 0 bridgehead atoms. The summed E-state index contributed by atoms with van der Waals surface area (Å²) in [6.45, 7) is 2.89. The Morgan fingerprint density at radius 1 is 1.00 bits per heavy atom. The van der Waals surface area contributed by atoms with Crippen molar-refractivity contribution in [1.82, 2.24) is 20.6 Å². The summed E-state index contributed by atoms with van der Waals surface area (Å²) in [5.74, 6) is 0.0429. The minimum Gasteiger partial charge on any atom is -0.493 e. The highest BCUT2D eigenvalue weighted by atomic mass is 16.5. The Labute approximate surface area is 168 Å². The molecule has 0 radical (unpaired) electrons. The van der Waals surface area contributed by atoms with Crippen molar-refractivity contribution < 1.29 is 19.1 Å². The Hall–Kier alpha value is -3.81. The number of carbonyl (C=O) groups is 2. The lowest BCUT2D eigenvalue weighted by Gasteiger charge is -2.11. The van der Waals surface area contributed by atoms with Crippen molar-refractivity contribution in [2.24, 2.45) is 0 Å². The van der Waals surface area contributed by atoms with E-state index in [4.69, 9.17) is 9.47 Å². The van der Waals surface area contributed by atoms with Gasteiger partial charge in [0, 0.05) is 11.8 Å². The quantitative estimate of drug-likeness (QED) is 0.600. The molecule has 0 fully saturated rings. The van der Waals surface area contributed by atoms with Gasteiger partial charge in [-0.2, -0.15) is 5.10 Å². The lowest BCUT2D eigenvalue weighted by atomic mass is 10.2. The van der Waals surface area contributed by atoms with E-state index in [0.29, 0.717) is 35.8 Å². The van der Waals surface area contributed by atoms with Crippen LogP contribution in [0, 0.1) is 0 Å². The minimum atomic E-state index is -0.476. The van der Waals surface area contributed by atoms with Crippen molar-refractivity contribution in [3.8, 4) is 11.5 Å². The SMILES string of the molecule is CCOc1ccc(C(=O)NNC(=O)c2cnn(Cc3ccccc3)c2)cc1OC. The molecule has 1 aromatic heterocycles. The van der Waals surface area contributed by atoms with E-state index in [2.05, 4.69) is 16.0 Å². The molecule has 0 unspecified atom stereocenters. The zero-order valence-electron chi connectivity index (χ0n) is 16.2. The van der Waals surface area contributed by atoms with Crippen LogP contribution in [0.2, 0.25) is 0 Å². The highest BCUT2D eigenvalue weighted by Gasteiger charge is 2.13. The largest absolute Gasteiger partial charge is 0.493 e. The minimum absolute atomic E-state index is 0.324. The Kier molecular flexibility index (Phi) is 6.47. The molecule has 0 saturated carbocycles. The van der Waals surface area contributed by atoms with Gasteiger partial charge in [0.15, 0.2) is 11.5 Å². The third-order valence-electron chi connectivity index (χ3n) is 4.10. The summed E-state index contributed by atoms with van der Waals surface area (Å²) in [5.41, 5.74) is 6.51. The summed E-state index contributed by atoms with van der Waals surface area (Å²) in [5, 5.41) is 4.18. The number of hydrogen-bond acceptors (Lipinski definition) is 5. The molecule has 0 aliphatic heterocycles. The maximum atomic E-state index is 12.3. The molecule has 0 aliphatic carbocycles. The topological polar surface area (TPSA) is 94.5 Å². The molecule has 0 atom stereocenters. The van der Waals surface area contributed by atoms with Crippen LogP contribution in [0.4, 0.5) is 0 Å². The Balaban J connectivity index is 1.58. The molecule has 3 rings (SSSR count). The number of ether oxygens (including phenoxy) is 2. The van der Waals surface area contributed by atoms with Crippen LogP contribution in [0.3, 0.4) is 0 Å². The molecule has 2 N–H and O–H groups in total. The average molecular weight is 394 g/mol. The van der Waals surface area contributed by atoms with E-state index >= 15 is 0 Å². The first-order chi connectivity index (χ1) is 14.1. The number of benzene rings is 2. The smallest absolute Gasteiger partial charge is 0.272 e. The summed E-state index contributed by atoms with van der Waals surface area (Å²) >= 11 is 0.